The van der Waals surface area contributed by atoms with Crippen molar-refractivity contribution in [2.45, 2.75) is 20.3 Å². The van der Waals surface area contributed by atoms with Gasteiger partial charge in [-0.05, 0) is 61.4 Å². The van der Waals surface area contributed by atoms with Gasteiger partial charge in [0.05, 0.1) is 13.0 Å². The molecule has 1 N–H and O–H groups in total. The molecular formula is C28H28N2O6. The summed E-state index contributed by atoms with van der Waals surface area (Å²) in [6.45, 7) is 3.56. The molecule has 0 radical (unpaired) electrons. The Morgan fingerprint density at radius 3 is 2.28 bits per heavy atom. The first-order valence-corrected chi connectivity index (χ1v) is 11.6. The molecule has 1 fully saturated rings. The predicted octanol–water partition coefficient (Wildman–Crippen LogP) is 4.64. The summed E-state index contributed by atoms with van der Waals surface area (Å²) in [5.74, 6) is -0.0490. The minimum absolute atomic E-state index is 0.0246. The fraction of sp³-hybridized carbons (Fsp3) is 0.250. The lowest BCUT2D eigenvalue weighted by atomic mass is 10.1. The molecule has 8 nitrogen and oxygen atoms in total. The van der Waals surface area contributed by atoms with E-state index in [4.69, 9.17) is 14.2 Å². The summed E-state index contributed by atoms with van der Waals surface area (Å²) in [5.41, 5.74) is 3.20. The van der Waals surface area contributed by atoms with Gasteiger partial charge in [0.25, 0.3) is 5.91 Å². The number of aryl methyl sites for hydroxylation is 2. The molecule has 1 aliphatic rings. The van der Waals surface area contributed by atoms with Gasteiger partial charge < -0.3 is 24.4 Å². The number of nitrogens with one attached hydrogen (secondary N) is 1. The van der Waals surface area contributed by atoms with Gasteiger partial charge in [-0.15, -0.1) is 0 Å². The zero-order valence-corrected chi connectivity index (χ0v) is 20.4. The van der Waals surface area contributed by atoms with Crippen molar-refractivity contribution in [1.82, 2.24) is 0 Å². The van der Waals surface area contributed by atoms with E-state index in [0.29, 0.717) is 28.6 Å². The van der Waals surface area contributed by atoms with Crippen molar-refractivity contribution in [2.75, 3.05) is 30.5 Å². The molecule has 0 spiro atoms. The van der Waals surface area contributed by atoms with Crippen molar-refractivity contribution in [3.05, 3.63) is 77.9 Å². The highest BCUT2D eigenvalue weighted by atomic mass is 16.5. The molecule has 36 heavy (non-hydrogen) atoms. The first kappa shape index (κ1) is 24.8. The number of nitrogens with zero attached hydrogens (tertiary/aromatic N) is 1. The van der Waals surface area contributed by atoms with Crippen LogP contribution in [0.1, 0.15) is 17.5 Å². The maximum Gasteiger partial charge on any atom is 0.311 e. The first-order chi connectivity index (χ1) is 17.4. The molecule has 0 bridgehead atoms. The molecule has 4 rings (SSSR count). The fourth-order valence-corrected chi connectivity index (χ4v) is 4.08. The minimum atomic E-state index is -0.644. The first-order valence-electron chi connectivity index (χ1n) is 11.6. The largest absolute Gasteiger partial charge is 0.493 e. The monoisotopic (exact) mass is 488 g/mol. The molecular weight excluding hydrogens is 460 g/mol. The summed E-state index contributed by atoms with van der Waals surface area (Å²) >= 11 is 0. The van der Waals surface area contributed by atoms with E-state index in [1.54, 1.807) is 43.5 Å². The maximum atomic E-state index is 12.6. The normalized spacial score (nSPS) is 14.9. The number of benzene rings is 3. The van der Waals surface area contributed by atoms with Gasteiger partial charge >= 0.3 is 5.97 Å². The minimum Gasteiger partial charge on any atom is -0.493 e. The number of hydrogen-bond acceptors (Lipinski definition) is 6. The average molecular weight is 489 g/mol. The van der Waals surface area contributed by atoms with E-state index in [1.165, 1.54) is 4.90 Å². The average Bonchev–Trinajstić information content (AvgIpc) is 3.27. The van der Waals surface area contributed by atoms with Crippen molar-refractivity contribution in [2.24, 2.45) is 5.92 Å². The Hall–Kier alpha value is -4.33. The van der Waals surface area contributed by atoms with E-state index in [-0.39, 0.29) is 18.9 Å². The zero-order chi connectivity index (χ0) is 25.7. The molecule has 8 heteroatoms. The third kappa shape index (κ3) is 5.66. The van der Waals surface area contributed by atoms with Crippen molar-refractivity contribution in [3.63, 3.8) is 0 Å². The summed E-state index contributed by atoms with van der Waals surface area (Å²) in [6, 6.07) is 20.0. The molecule has 0 unspecified atom stereocenters. The molecule has 0 aromatic heterocycles. The van der Waals surface area contributed by atoms with Crippen molar-refractivity contribution >= 4 is 29.2 Å². The highest BCUT2D eigenvalue weighted by Gasteiger charge is 2.36. The van der Waals surface area contributed by atoms with Crippen molar-refractivity contribution in [3.8, 4) is 17.2 Å². The molecule has 0 aliphatic carbocycles. The second-order valence-corrected chi connectivity index (χ2v) is 8.57. The Morgan fingerprint density at radius 1 is 0.944 bits per heavy atom. The number of methoxy groups -OCH3 is 1. The number of carbonyl (C=O) groups excluding carboxylic acids is 3. The van der Waals surface area contributed by atoms with Gasteiger partial charge in [-0.25, -0.2) is 0 Å². The van der Waals surface area contributed by atoms with E-state index in [9.17, 15) is 14.4 Å². The molecule has 3 aromatic rings. The number of anilines is 2. The van der Waals surface area contributed by atoms with Crippen LogP contribution in [0.5, 0.6) is 17.2 Å². The molecule has 1 atom stereocenters. The molecule has 1 heterocycles. The number of esters is 1. The van der Waals surface area contributed by atoms with Gasteiger partial charge in [0, 0.05) is 24.3 Å². The molecule has 2 amide bonds. The maximum absolute atomic E-state index is 12.6. The molecule has 186 valence electrons. The zero-order valence-electron chi connectivity index (χ0n) is 20.4. The standard InChI is InChI=1S/C28H28N2O6/c1-18-7-6-8-19(2)27(18)29-25(31)17-35-28(33)20-15-26(32)30(16-20)21-11-13-22(14-12-21)36-24-10-5-4-9-23(24)34-3/h4-14,20H,15-17H2,1-3H3,(H,29,31)/t20-/m0/s1. The van der Waals surface area contributed by atoms with E-state index >= 15 is 0 Å². The lowest BCUT2D eigenvalue weighted by Crippen LogP contribution is -2.28. The lowest BCUT2D eigenvalue weighted by Gasteiger charge is -2.17. The van der Waals surface area contributed by atoms with E-state index < -0.39 is 24.4 Å². The van der Waals surface area contributed by atoms with Crippen LogP contribution in [0.25, 0.3) is 0 Å². The summed E-state index contributed by atoms with van der Waals surface area (Å²) in [7, 11) is 1.57. The number of hydrogen-bond donors (Lipinski definition) is 1. The van der Waals surface area contributed by atoms with Crippen LogP contribution < -0.4 is 19.7 Å². The highest BCUT2D eigenvalue weighted by Crippen LogP contribution is 2.33. The Kier molecular flexibility index (Phi) is 7.53. The van der Waals surface area contributed by atoms with Crippen LogP contribution in [0.3, 0.4) is 0 Å². The molecule has 1 aliphatic heterocycles. The van der Waals surface area contributed by atoms with E-state index in [1.807, 2.05) is 44.2 Å². The van der Waals surface area contributed by atoms with Crippen LogP contribution in [-0.4, -0.2) is 38.0 Å². The summed E-state index contributed by atoms with van der Waals surface area (Å²) in [5, 5.41) is 2.78. The van der Waals surface area contributed by atoms with Gasteiger partial charge in [0.1, 0.15) is 5.75 Å². The number of ether oxygens (including phenoxy) is 3. The highest BCUT2D eigenvalue weighted by molar-refractivity contribution is 6.00. The smallest absolute Gasteiger partial charge is 0.311 e. The SMILES string of the molecule is COc1ccccc1Oc1ccc(N2C[C@@H](C(=O)OCC(=O)Nc3c(C)cccc3C)CC2=O)cc1. The second kappa shape index (κ2) is 10.9. The van der Waals surface area contributed by atoms with Gasteiger partial charge in [-0.3, -0.25) is 14.4 Å². The van der Waals surface area contributed by atoms with Crippen molar-refractivity contribution < 1.29 is 28.6 Å². The van der Waals surface area contributed by atoms with Crippen LogP contribution in [0.15, 0.2) is 66.7 Å². The van der Waals surface area contributed by atoms with Crippen LogP contribution in [0.4, 0.5) is 11.4 Å². The Balaban J connectivity index is 1.32. The van der Waals surface area contributed by atoms with Crippen LogP contribution in [0, 0.1) is 19.8 Å². The van der Waals surface area contributed by atoms with Gasteiger partial charge in [0.15, 0.2) is 18.1 Å². The fourth-order valence-electron chi connectivity index (χ4n) is 4.08. The predicted molar refractivity (Wildman–Crippen MR) is 135 cm³/mol. The third-order valence-electron chi connectivity index (χ3n) is 5.99. The second-order valence-electron chi connectivity index (χ2n) is 8.57. The summed E-state index contributed by atoms with van der Waals surface area (Å²) < 4.78 is 16.4. The van der Waals surface area contributed by atoms with Crippen molar-refractivity contribution in [1.29, 1.82) is 0 Å². The van der Waals surface area contributed by atoms with Crippen LogP contribution in [0.2, 0.25) is 0 Å². The van der Waals surface area contributed by atoms with Crippen LogP contribution >= 0.6 is 0 Å². The molecule has 0 saturated carbocycles. The van der Waals surface area contributed by atoms with Gasteiger partial charge in [-0.2, -0.15) is 0 Å². The van der Waals surface area contributed by atoms with E-state index in [0.717, 1.165) is 11.1 Å². The Labute approximate surface area is 209 Å². The van der Waals surface area contributed by atoms with Gasteiger partial charge in [-0.1, -0.05) is 30.3 Å². The van der Waals surface area contributed by atoms with E-state index in [2.05, 4.69) is 5.32 Å². The number of carbonyl (C=O) groups is 3. The molecule has 3 aromatic carbocycles. The number of amides is 2. The Morgan fingerprint density at radius 2 is 1.61 bits per heavy atom. The summed E-state index contributed by atoms with van der Waals surface area (Å²) in [4.78, 5) is 39.0. The Bertz CT molecular complexity index is 1250. The number of para-hydroxylation sites is 3. The summed E-state index contributed by atoms with van der Waals surface area (Å²) in [6.07, 6.45) is 0.0246. The topological polar surface area (TPSA) is 94.2 Å². The van der Waals surface area contributed by atoms with Gasteiger partial charge in [0.2, 0.25) is 5.91 Å². The molecule has 1 saturated heterocycles. The number of rotatable bonds is 8. The third-order valence-corrected chi connectivity index (χ3v) is 5.99. The van der Waals surface area contributed by atoms with Crippen LogP contribution in [-0.2, 0) is 19.1 Å². The lowest BCUT2D eigenvalue weighted by molar-refractivity contribution is -0.151. The quantitative estimate of drug-likeness (QED) is 0.465.